The third kappa shape index (κ3) is 4.83. The Morgan fingerprint density at radius 2 is 1.95 bits per heavy atom. The van der Waals surface area contributed by atoms with Crippen molar-refractivity contribution in [2.24, 2.45) is 0 Å². The van der Waals surface area contributed by atoms with Gasteiger partial charge in [0.1, 0.15) is 5.75 Å². The normalized spacial score (nSPS) is 12.2. The van der Waals surface area contributed by atoms with E-state index in [4.69, 9.17) is 4.74 Å². The highest BCUT2D eigenvalue weighted by Gasteiger charge is 2.16. The van der Waals surface area contributed by atoms with Gasteiger partial charge >= 0.3 is 0 Å². The summed E-state index contributed by atoms with van der Waals surface area (Å²) < 4.78 is 5.60. The van der Waals surface area contributed by atoms with Crippen LogP contribution in [0.1, 0.15) is 24.2 Å². The minimum absolute atomic E-state index is 0.529. The fourth-order valence-corrected chi connectivity index (χ4v) is 2.15. The van der Waals surface area contributed by atoms with Crippen LogP contribution in [0.25, 0.3) is 0 Å². The van der Waals surface area contributed by atoms with E-state index < -0.39 is 6.10 Å². The van der Waals surface area contributed by atoms with Gasteiger partial charge in [-0.25, -0.2) is 0 Å². The van der Waals surface area contributed by atoms with Crippen LogP contribution in [0.4, 0.5) is 0 Å². The Hall–Kier alpha value is -1.58. The summed E-state index contributed by atoms with van der Waals surface area (Å²) in [7, 11) is 0. The first kappa shape index (κ1) is 16.5. The van der Waals surface area contributed by atoms with Gasteiger partial charge in [0.05, 0.1) is 12.7 Å². The molecule has 3 heteroatoms. The van der Waals surface area contributed by atoms with Crippen molar-refractivity contribution in [3.63, 3.8) is 0 Å². The molecule has 1 aromatic rings. The van der Waals surface area contributed by atoms with Crippen molar-refractivity contribution in [1.29, 1.82) is 0 Å². The Labute approximate surface area is 122 Å². The van der Waals surface area contributed by atoms with E-state index in [1.807, 2.05) is 44.2 Å². The van der Waals surface area contributed by atoms with Crippen molar-refractivity contribution < 1.29 is 9.84 Å². The largest absolute Gasteiger partial charge is 0.493 e. The SMILES string of the molecule is C=CCN(CC=C)CC(O)c1cc(C)ccc1OCC. The van der Waals surface area contributed by atoms with E-state index in [0.29, 0.717) is 13.2 Å². The molecule has 0 saturated carbocycles. The van der Waals surface area contributed by atoms with E-state index in [1.165, 1.54) is 0 Å². The van der Waals surface area contributed by atoms with Crippen LogP contribution in [-0.4, -0.2) is 36.2 Å². The van der Waals surface area contributed by atoms with Gasteiger partial charge in [0.25, 0.3) is 0 Å². The molecule has 1 unspecified atom stereocenters. The van der Waals surface area contributed by atoms with Crippen LogP contribution in [0.15, 0.2) is 43.5 Å². The zero-order chi connectivity index (χ0) is 15.0. The standard InChI is InChI=1S/C17H25NO2/c1-5-10-18(11-6-2)13-16(19)15-12-14(4)8-9-17(15)20-7-3/h5-6,8-9,12,16,19H,1-2,7,10-11,13H2,3-4H3. The van der Waals surface area contributed by atoms with E-state index in [9.17, 15) is 5.11 Å². The molecule has 0 aliphatic carbocycles. The lowest BCUT2D eigenvalue weighted by Crippen LogP contribution is -2.29. The second-order valence-corrected chi connectivity index (χ2v) is 4.79. The number of nitrogens with zero attached hydrogens (tertiary/aromatic N) is 1. The molecular weight excluding hydrogens is 250 g/mol. The second kappa shape index (κ2) is 8.56. The molecule has 1 rings (SSSR count). The highest BCUT2D eigenvalue weighted by Crippen LogP contribution is 2.27. The van der Waals surface area contributed by atoms with Gasteiger partial charge in [-0.1, -0.05) is 23.8 Å². The number of aliphatic hydroxyl groups excluding tert-OH is 1. The number of aliphatic hydroxyl groups is 1. The molecule has 0 bridgehead atoms. The molecule has 0 radical (unpaired) electrons. The van der Waals surface area contributed by atoms with Crippen LogP contribution in [0, 0.1) is 6.92 Å². The van der Waals surface area contributed by atoms with Crippen LogP contribution >= 0.6 is 0 Å². The number of aryl methyl sites for hydroxylation is 1. The summed E-state index contributed by atoms with van der Waals surface area (Å²) in [5.74, 6) is 0.753. The second-order valence-electron chi connectivity index (χ2n) is 4.79. The third-order valence-corrected chi connectivity index (χ3v) is 3.03. The Morgan fingerprint density at radius 3 is 2.50 bits per heavy atom. The lowest BCUT2D eigenvalue weighted by molar-refractivity contribution is 0.122. The molecule has 0 saturated heterocycles. The van der Waals surface area contributed by atoms with Gasteiger partial charge in [-0.05, 0) is 26.0 Å². The Kier molecular flexibility index (Phi) is 7.05. The summed E-state index contributed by atoms with van der Waals surface area (Å²) >= 11 is 0. The summed E-state index contributed by atoms with van der Waals surface area (Å²) in [5.41, 5.74) is 1.95. The molecule has 1 N–H and O–H groups in total. The van der Waals surface area contributed by atoms with Gasteiger partial charge in [0, 0.05) is 25.2 Å². The van der Waals surface area contributed by atoms with E-state index in [-0.39, 0.29) is 0 Å². The maximum absolute atomic E-state index is 10.5. The fourth-order valence-electron chi connectivity index (χ4n) is 2.15. The molecule has 1 aromatic carbocycles. The van der Waals surface area contributed by atoms with Gasteiger partial charge in [-0.15, -0.1) is 13.2 Å². The van der Waals surface area contributed by atoms with Crippen LogP contribution in [0.2, 0.25) is 0 Å². The van der Waals surface area contributed by atoms with Crippen molar-refractivity contribution >= 4 is 0 Å². The number of rotatable bonds is 9. The Morgan fingerprint density at radius 1 is 1.30 bits per heavy atom. The highest BCUT2D eigenvalue weighted by molar-refractivity contribution is 5.38. The first-order valence-electron chi connectivity index (χ1n) is 6.97. The average Bonchev–Trinajstić information content (AvgIpc) is 2.41. The van der Waals surface area contributed by atoms with Crippen molar-refractivity contribution in [3.05, 3.63) is 54.6 Å². The Bertz CT molecular complexity index is 433. The summed E-state index contributed by atoms with van der Waals surface area (Å²) in [5, 5.41) is 10.5. The van der Waals surface area contributed by atoms with Crippen molar-refractivity contribution in [2.75, 3.05) is 26.2 Å². The van der Waals surface area contributed by atoms with Gasteiger partial charge < -0.3 is 9.84 Å². The summed E-state index contributed by atoms with van der Waals surface area (Å²) in [6.45, 7) is 14.0. The van der Waals surface area contributed by atoms with Crippen LogP contribution < -0.4 is 4.74 Å². The molecule has 0 fully saturated rings. The molecule has 0 aliphatic heterocycles. The average molecular weight is 275 g/mol. The van der Waals surface area contributed by atoms with E-state index in [0.717, 1.165) is 30.0 Å². The maximum atomic E-state index is 10.5. The Balaban J connectivity index is 2.88. The molecule has 20 heavy (non-hydrogen) atoms. The molecule has 3 nitrogen and oxygen atoms in total. The fraction of sp³-hybridized carbons (Fsp3) is 0.412. The van der Waals surface area contributed by atoms with Gasteiger partial charge in [-0.3, -0.25) is 4.90 Å². The zero-order valence-electron chi connectivity index (χ0n) is 12.5. The maximum Gasteiger partial charge on any atom is 0.125 e. The minimum atomic E-state index is -0.587. The van der Waals surface area contributed by atoms with Gasteiger partial charge in [-0.2, -0.15) is 0 Å². The van der Waals surface area contributed by atoms with Crippen molar-refractivity contribution in [2.45, 2.75) is 20.0 Å². The minimum Gasteiger partial charge on any atom is -0.493 e. The van der Waals surface area contributed by atoms with Gasteiger partial charge in [0.2, 0.25) is 0 Å². The van der Waals surface area contributed by atoms with Gasteiger partial charge in [0.15, 0.2) is 0 Å². The lowest BCUT2D eigenvalue weighted by Gasteiger charge is -2.24. The first-order chi connectivity index (χ1) is 9.62. The summed E-state index contributed by atoms with van der Waals surface area (Å²) in [4.78, 5) is 2.09. The molecular formula is C17H25NO2. The van der Waals surface area contributed by atoms with E-state index >= 15 is 0 Å². The monoisotopic (exact) mass is 275 g/mol. The van der Waals surface area contributed by atoms with Crippen LogP contribution in [0.5, 0.6) is 5.75 Å². The molecule has 0 amide bonds. The molecule has 110 valence electrons. The molecule has 1 atom stereocenters. The first-order valence-corrected chi connectivity index (χ1v) is 6.97. The summed E-state index contributed by atoms with van der Waals surface area (Å²) in [6.07, 6.45) is 3.07. The molecule has 0 aliphatic rings. The highest BCUT2D eigenvalue weighted by atomic mass is 16.5. The van der Waals surface area contributed by atoms with Crippen LogP contribution in [-0.2, 0) is 0 Å². The van der Waals surface area contributed by atoms with Crippen LogP contribution in [0.3, 0.4) is 0 Å². The number of hydrogen-bond donors (Lipinski definition) is 1. The van der Waals surface area contributed by atoms with Crippen molar-refractivity contribution in [3.8, 4) is 5.75 Å². The zero-order valence-corrected chi connectivity index (χ0v) is 12.5. The topological polar surface area (TPSA) is 32.7 Å². The number of ether oxygens (including phenoxy) is 1. The molecule has 0 aromatic heterocycles. The smallest absolute Gasteiger partial charge is 0.125 e. The third-order valence-electron chi connectivity index (χ3n) is 3.03. The lowest BCUT2D eigenvalue weighted by atomic mass is 10.0. The quantitative estimate of drug-likeness (QED) is 0.703. The predicted molar refractivity (Wildman–Crippen MR) is 84.1 cm³/mol. The van der Waals surface area contributed by atoms with E-state index in [1.54, 1.807) is 0 Å². The summed E-state index contributed by atoms with van der Waals surface area (Å²) in [6, 6.07) is 5.89. The predicted octanol–water partition coefficient (Wildman–Crippen LogP) is 3.10. The van der Waals surface area contributed by atoms with Crippen molar-refractivity contribution in [1.82, 2.24) is 4.90 Å². The number of benzene rings is 1. The molecule has 0 heterocycles. The molecule has 0 spiro atoms. The number of hydrogen-bond acceptors (Lipinski definition) is 3. The van der Waals surface area contributed by atoms with E-state index in [2.05, 4.69) is 18.1 Å².